The molecule has 0 radical (unpaired) electrons. The minimum absolute atomic E-state index is 0.0660. The van der Waals surface area contributed by atoms with Gasteiger partial charge in [0.2, 0.25) is 5.88 Å². The van der Waals surface area contributed by atoms with Crippen LogP contribution in [0, 0.1) is 0 Å². The molecule has 12 nitrogen and oxygen atoms in total. The van der Waals surface area contributed by atoms with E-state index in [9.17, 15) is 9.59 Å². The van der Waals surface area contributed by atoms with E-state index in [1.807, 2.05) is 30.3 Å². The Bertz CT molecular complexity index is 2120. The number of nitrogens with two attached hydrogens (primary N) is 1. The highest BCUT2D eigenvalue weighted by molar-refractivity contribution is 6.39. The van der Waals surface area contributed by atoms with Gasteiger partial charge in [0, 0.05) is 49.0 Å². The van der Waals surface area contributed by atoms with E-state index in [4.69, 9.17) is 48.5 Å². The fourth-order valence-electron chi connectivity index (χ4n) is 5.99. The van der Waals surface area contributed by atoms with E-state index < -0.39 is 17.4 Å². The van der Waals surface area contributed by atoms with Crippen molar-refractivity contribution in [2.45, 2.75) is 37.8 Å². The first-order valence-electron chi connectivity index (χ1n) is 15.4. The number of rotatable bonds is 5. The van der Waals surface area contributed by atoms with Gasteiger partial charge in [-0.05, 0) is 43.4 Å². The van der Waals surface area contributed by atoms with Crippen molar-refractivity contribution in [1.82, 2.24) is 24.1 Å². The maximum absolute atomic E-state index is 13.0. The number of pyridine rings is 1. The van der Waals surface area contributed by atoms with Crippen molar-refractivity contribution in [1.29, 1.82) is 0 Å². The molecular formula is C34H35Cl2N7O5. The van der Waals surface area contributed by atoms with Gasteiger partial charge < -0.3 is 25.6 Å². The van der Waals surface area contributed by atoms with Crippen LogP contribution in [-0.4, -0.2) is 61.7 Å². The number of anilines is 2. The normalized spacial score (nSPS) is 17.1. The number of aromatic nitrogens is 5. The molecule has 5 aromatic rings. The average Bonchev–Trinajstić information content (AvgIpc) is 3.58. The first-order chi connectivity index (χ1) is 23.1. The Labute approximate surface area is 286 Å². The lowest BCUT2D eigenvalue weighted by Crippen LogP contribution is -2.42. The van der Waals surface area contributed by atoms with E-state index in [-0.39, 0.29) is 22.9 Å². The maximum Gasteiger partial charge on any atom is 0.332 e. The Morgan fingerprint density at radius 3 is 2.46 bits per heavy atom. The third-order valence-corrected chi connectivity index (χ3v) is 9.49. The molecule has 1 saturated heterocycles. The molecule has 2 aliphatic rings. The van der Waals surface area contributed by atoms with Gasteiger partial charge in [-0.3, -0.25) is 13.9 Å². The molecule has 4 heterocycles. The fourth-order valence-corrected chi connectivity index (χ4v) is 6.59. The Balaban J connectivity index is 0.000000441. The molecule has 2 atom stereocenters. The molecule has 2 unspecified atom stereocenters. The summed E-state index contributed by atoms with van der Waals surface area (Å²) in [5.74, 6) is 0.867. The van der Waals surface area contributed by atoms with E-state index in [0.717, 1.165) is 52.6 Å². The Kier molecular flexibility index (Phi) is 9.81. The van der Waals surface area contributed by atoms with E-state index in [1.165, 1.54) is 23.5 Å². The first kappa shape index (κ1) is 33.6. The number of aryl methyl sites for hydroxylation is 2. The third kappa shape index (κ3) is 6.29. The molecule has 0 spiro atoms. The van der Waals surface area contributed by atoms with Crippen LogP contribution in [0.5, 0.6) is 5.88 Å². The highest BCUT2D eigenvalue weighted by Crippen LogP contribution is 2.43. The average molecular weight is 693 g/mol. The van der Waals surface area contributed by atoms with Crippen LogP contribution in [0.3, 0.4) is 0 Å². The summed E-state index contributed by atoms with van der Waals surface area (Å²) in [6.45, 7) is 1.10. The topological polar surface area (TPSA) is 159 Å². The highest BCUT2D eigenvalue weighted by atomic mass is 35.5. The van der Waals surface area contributed by atoms with Crippen LogP contribution in [-0.2, 0) is 31.7 Å². The standard InChI is InChI=1S/C29H24Cl2N6O3.C5H11NO2/c1-36-26-22(28(38)37(2)29(36)39)25(32-14-33-26)34-20-12-6-10-18(24(20)31)17-9-5-11-19(23(17)30)21-13-15-7-4-8-16(15)27(35-21)40-3;6-4-1-2-8-3-5(4)7/h5-6,9-14H,4,7-8H2,1-3H3,(H,32,33,34);4-5,7H,1-3,6H2. The number of methoxy groups -OCH3 is 1. The SMILES string of the molecule is COc1nc(-c2cccc(-c3cccc(Nc4ncnc5c4c(=O)n(C)c(=O)n5C)c3Cl)c2Cl)cc2c1CCC2.NC1CCOCC1O. The Morgan fingerprint density at radius 1 is 1.02 bits per heavy atom. The Morgan fingerprint density at radius 2 is 1.75 bits per heavy atom. The van der Waals surface area contributed by atoms with E-state index in [1.54, 1.807) is 20.2 Å². The Hall–Kier alpha value is -4.33. The molecule has 0 amide bonds. The zero-order valence-corrected chi connectivity index (χ0v) is 28.2. The lowest BCUT2D eigenvalue weighted by atomic mass is 9.99. The first-order valence-corrected chi connectivity index (χ1v) is 16.2. The van der Waals surface area contributed by atoms with Crippen molar-refractivity contribution in [2.24, 2.45) is 19.8 Å². The summed E-state index contributed by atoms with van der Waals surface area (Å²) in [7, 11) is 4.60. The molecule has 4 N–H and O–H groups in total. The van der Waals surface area contributed by atoms with Gasteiger partial charge in [0.05, 0.1) is 41.2 Å². The summed E-state index contributed by atoms with van der Waals surface area (Å²) in [5.41, 5.74) is 10.5. The largest absolute Gasteiger partial charge is 0.481 e. The smallest absolute Gasteiger partial charge is 0.332 e. The molecule has 1 fully saturated rings. The number of hydrogen-bond acceptors (Lipinski definition) is 10. The molecule has 3 aromatic heterocycles. The summed E-state index contributed by atoms with van der Waals surface area (Å²) >= 11 is 13.9. The van der Waals surface area contributed by atoms with E-state index >= 15 is 0 Å². The van der Waals surface area contributed by atoms with Gasteiger partial charge in [-0.1, -0.05) is 53.5 Å². The predicted octanol–water partition coefficient (Wildman–Crippen LogP) is 4.40. The summed E-state index contributed by atoms with van der Waals surface area (Å²) < 4.78 is 12.8. The zero-order chi connectivity index (χ0) is 34.1. The van der Waals surface area contributed by atoms with Crippen LogP contribution >= 0.6 is 23.2 Å². The number of aliphatic hydroxyl groups excluding tert-OH is 1. The number of hydrogen-bond donors (Lipinski definition) is 3. The third-order valence-electron chi connectivity index (χ3n) is 8.68. The lowest BCUT2D eigenvalue weighted by Gasteiger charge is -2.23. The van der Waals surface area contributed by atoms with Crippen LogP contribution < -0.4 is 27.0 Å². The molecule has 0 saturated carbocycles. The summed E-state index contributed by atoms with van der Waals surface area (Å²) in [4.78, 5) is 38.6. The second-order valence-electron chi connectivity index (χ2n) is 11.7. The number of benzene rings is 2. The quantitative estimate of drug-likeness (QED) is 0.241. The highest BCUT2D eigenvalue weighted by Gasteiger charge is 2.22. The molecule has 1 aliphatic carbocycles. The van der Waals surface area contributed by atoms with Crippen molar-refractivity contribution in [3.8, 4) is 28.3 Å². The number of nitrogens with one attached hydrogen (secondary N) is 1. The van der Waals surface area contributed by atoms with Crippen molar-refractivity contribution >= 4 is 45.7 Å². The number of nitrogens with zero attached hydrogens (tertiary/aromatic N) is 5. The van der Waals surface area contributed by atoms with Crippen molar-refractivity contribution < 1.29 is 14.6 Å². The second kappa shape index (κ2) is 14.0. The monoisotopic (exact) mass is 691 g/mol. The van der Waals surface area contributed by atoms with Crippen molar-refractivity contribution in [3.05, 3.63) is 90.8 Å². The second-order valence-corrected chi connectivity index (χ2v) is 12.4. The van der Waals surface area contributed by atoms with Gasteiger partial charge in [0.25, 0.3) is 5.56 Å². The van der Waals surface area contributed by atoms with Crippen LogP contribution in [0.4, 0.5) is 11.5 Å². The van der Waals surface area contributed by atoms with Crippen molar-refractivity contribution in [2.75, 3.05) is 25.6 Å². The summed E-state index contributed by atoms with van der Waals surface area (Å²) in [6.07, 6.45) is 4.64. The molecule has 250 valence electrons. The zero-order valence-electron chi connectivity index (χ0n) is 26.7. The van der Waals surface area contributed by atoms with Crippen molar-refractivity contribution in [3.63, 3.8) is 0 Å². The van der Waals surface area contributed by atoms with Crippen LogP contribution in [0.25, 0.3) is 33.4 Å². The maximum atomic E-state index is 13.0. The molecule has 2 aromatic carbocycles. The van der Waals surface area contributed by atoms with Gasteiger partial charge in [-0.2, -0.15) is 0 Å². The molecule has 0 bridgehead atoms. The van der Waals surface area contributed by atoms with Crippen LogP contribution in [0.1, 0.15) is 24.0 Å². The fraction of sp³-hybridized carbons (Fsp3) is 0.324. The van der Waals surface area contributed by atoms with Crippen LogP contribution in [0.2, 0.25) is 10.0 Å². The minimum Gasteiger partial charge on any atom is -0.481 e. The molecule has 7 rings (SSSR count). The predicted molar refractivity (Wildman–Crippen MR) is 186 cm³/mol. The van der Waals surface area contributed by atoms with Gasteiger partial charge in [0.15, 0.2) is 5.65 Å². The summed E-state index contributed by atoms with van der Waals surface area (Å²) in [6, 6.07) is 13.2. The molecule has 1 aliphatic heterocycles. The van der Waals surface area contributed by atoms with Crippen LogP contribution in [0.15, 0.2) is 58.4 Å². The van der Waals surface area contributed by atoms with Gasteiger partial charge >= 0.3 is 5.69 Å². The molecule has 14 heteroatoms. The van der Waals surface area contributed by atoms with E-state index in [2.05, 4.69) is 21.4 Å². The number of ether oxygens (including phenoxy) is 2. The van der Waals surface area contributed by atoms with Gasteiger partial charge in [-0.25, -0.2) is 19.7 Å². The number of halogens is 2. The van der Waals surface area contributed by atoms with Gasteiger partial charge in [-0.15, -0.1) is 0 Å². The molecule has 48 heavy (non-hydrogen) atoms. The summed E-state index contributed by atoms with van der Waals surface area (Å²) in [5, 5.41) is 13.2. The van der Waals surface area contributed by atoms with Gasteiger partial charge in [0.1, 0.15) is 17.5 Å². The molecular weight excluding hydrogens is 657 g/mol. The number of fused-ring (bicyclic) bond motifs is 2. The van der Waals surface area contributed by atoms with E-state index in [0.29, 0.717) is 40.4 Å². The number of aliphatic hydroxyl groups is 1. The lowest BCUT2D eigenvalue weighted by molar-refractivity contribution is -0.0182. The minimum atomic E-state index is -0.513.